The summed E-state index contributed by atoms with van der Waals surface area (Å²) in [7, 11) is 0. The van der Waals surface area contributed by atoms with E-state index in [9.17, 15) is 8.78 Å². The van der Waals surface area contributed by atoms with Crippen molar-refractivity contribution in [3.8, 4) is 11.1 Å². The van der Waals surface area contributed by atoms with Gasteiger partial charge in [0, 0.05) is 5.56 Å². The van der Waals surface area contributed by atoms with Gasteiger partial charge in [0.05, 0.1) is 0 Å². The van der Waals surface area contributed by atoms with Crippen LogP contribution >= 0.6 is 0 Å². The first kappa shape index (κ1) is 19.5. The number of allylic oxidation sites excluding steroid dienone is 2. The van der Waals surface area contributed by atoms with Gasteiger partial charge < -0.3 is 0 Å². The van der Waals surface area contributed by atoms with Crippen molar-refractivity contribution in [2.24, 2.45) is 0 Å². The van der Waals surface area contributed by atoms with Gasteiger partial charge in [0.15, 0.2) is 11.6 Å². The lowest BCUT2D eigenvalue weighted by molar-refractivity contribution is 0.509. The van der Waals surface area contributed by atoms with E-state index in [4.69, 9.17) is 0 Å². The summed E-state index contributed by atoms with van der Waals surface area (Å²) >= 11 is 0. The molecule has 1 aliphatic carbocycles. The molecule has 4 rings (SSSR count). The minimum absolute atomic E-state index is 0.305. The van der Waals surface area contributed by atoms with Gasteiger partial charge in [-0.2, -0.15) is 0 Å². The van der Waals surface area contributed by atoms with Gasteiger partial charge in [-0.3, -0.25) is 0 Å². The molecule has 0 amide bonds. The quantitative estimate of drug-likeness (QED) is 0.427. The van der Waals surface area contributed by atoms with Crippen LogP contribution in [-0.4, -0.2) is 0 Å². The second-order valence-corrected chi connectivity index (χ2v) is 7.60. The number of fused-ring (bicyclic) bond motifs is 1. The molecule has 148 valence electrons. The Balaban J connectivity index is 1.59. The van der Waals surface area contributed by atoms with Crippen LogP contribution in [0.2, 0.25) is 0 Å². The smallest absolute Gasteiger partial charge is 0.159 e. The van der Waals surface area contributed by atoms with Gasteiger partial charge >= 0.3 is 0 Å². The van der Waals surface area contributed by atoms with E-state index in [0.29, 0.717) is 29.5 Å². The first-order valence-electron chi connectivity index (χ1n) is 10.1. The Labute approximate surface area is 169 Å². The zero-order chi connectivity index (χ0) is 20.4. The summed E-state index contributed by atoms with van der Waals surface area (Å²) in [5.74, 6) is -2.25. The Kier molecular flexibility index (Phi) is 5.57. The maximum atomic E-state index is 15.1. The number of halogens is 3. The molecule has 1 aliphatic rings. The molecule has 0 N–H and O–H groups in total. The molecule has 0 saturated heterocycles. The molecule has 0 aliphatic heterocycles. The predicted molar refractivity (Wildman–Crippen MR) is 112 cm³/mol. The molecule has 3 aromatic carbocycles. The predicted octanol–water partition coefficient (Wildman–Crippen LogP) is 7.30. The molecule has 0 bridgehead atoms. The van der Waals surface area contributed by atoms with Gasteiger partial charge in [0.1, 0.15) is 5.82 Å². The number of aryl methyl sites for hydroxylation is 1. The lowest BCUT2D eigenvalue weighted by atomic mass is 9.85. The van der Waals surface area contributed by atoms with Crippen molar-refractivity contribution in [2.45, 2.75) is 39.0 Å². The summed E-state index contributed by atoms with van der Waals surface area (Å²) in [5, 5.41) is 0. The standard InChI is InChI=1S/C26H23F3/c1-2-3-4-17-5-7-18(8-6-17)19-9-12-22-20(15-19)10-13-23(26(22)29)21-11-14-24(27)25(28)16-21/h5-11,13-14,16H,2-4,12,15H2,1H3. The van der Waals surface area contributed by atoms with Crippen LogP contribution in [0.5, 0.6) is 0 Å². The topological polar surface area (TPSA) is 0 Å². The molecule has 0 unspecified atom stereocenters. The average molecular weight is 392 g/mol. The van der Waals surface area contributed by atoms with Crippen LogP contribution < -0.4 is 0 Å². The molecular formula is C26H23F3. The van der Waals surface area contributed by atoms with Gasteiger partial charge in [-0.25, -0.2) is 13.2 Å². The van der Waals surface area contributed by atoms with Crippen molar-refractivity contribution in [1.29, 1.82) is 0 Å². The number of hydrogen-bond acceptors (Lipinski definition) is 0. The number of unbranched alkanes of at least 4 members (excludes halogenated alkanes) is 1. The molecule has 0 spiro atoms. The van der Waals surface area contributed by atoms with Gasteiger partial charge in [-0.1, -0.05) is 61.9 Å². The second-order valence-electron chi connectivity index (χ2n) is 7.60. The zero-order valence-electron chi connectivity index (χ0n) is 16.4. The van der Waals surface area contributed by atoms with Gasteiger partial charge in [-0.05, 0) is 71.2 Å². The third-order valence-corrected chi connectivity index (χ3v) is 5.65. The van der Waals surface area contributed by atoms with Crippen molar-refractivity contribution < 1.29 is 13.2 Å². The molecule has 0 aromatic heterocycles. The molecule has 0 saturated carbocycles. The first-order chi connectivity index (χ1) is 14.1. The fraction of sp³-hybridized carbons (Fsp3) is 0.231. The number of rotatable bonds is 5. The Morgan fingerprint density at radius 1 is 0.828 bits per heavy atom. The molecule has 3 aromatic rings. The highest BCUT2D eigenvalue weighted by molar-refractivity contribution is 5.73. The molecule has 0 radical (unpaired) electrons. The third-order valence-electron chi connectivity index (χ3n) is 5.65. The van der Waals surface area contributed by atoms with E-state index < -0.39 is 11.6 Å². The lowest BCUT2D eigenvalue weighted by Crippen LogP contribution is -2.06. The van der Waals surface area contributed by atoms with Crippen LogP contribution in [0.3, 0.4) is 0 Å². The molecule has 29 heavy (non-hydrogen) atoms. The fourth-order valence-corrected chi connectivity index (χ4v) is 3.92. The Morgan fingerprint density at radius 3 is 2.31 bits per heavy atom. The maximum absolute atomic E-state index is 15.1. The van der Waals surface area contributed by atoms with Crippen molar-refractivity contribution in [2.75, 3.05) is 0 Å². The molecular weight excluding hydrogens is 369 g/mol. The second kappa shape index (κ2) is 8.28. The van der Waals surface area contributed by atoms with Gasteiger partial charge in [-0.15, -0.1) is 0 Å². The summed E-state index contributed by atoms with van der Waals surface area (Å²) in [6.45, 7) is 2.19. The minimum Gasteiger partial charge on any atom is -0.206 e. The summed E-state index contributed by atoms with van der Waals surface area (Å²) < 4.78 is 41.9. The molecule has 0 heterocycles. The fourth-order valence-electron chi connectivity index (χ4n) is 3.92. The zero-order valence-corrected chi connectivity index (χ0v) is 16.4. The highest BCUT2D eigenvalue weighted by Gasteiger charge is 2.19. The van der Waals surface area contributed by atoms with Crippen LogP contribution in [0.15, 0.2) is 60.7 Å². The highest BCUT2D eigenvalue weighted by Crippen LogP contribution is 2.34. The van der Waals surface area contributed by atoms with Crippen LogP contribution in [0.25, 0.3) is 16.7 Å². The average Bonchev–Trinajstić information content (AvgIpc) is 2.75. The number of hydrogen-bond donors (Lipinski definition) is 0. The van der Waals surface area contributed by atoms with E-state index >= 15 is 4.39 Å². The third kappa shape index (κ3) is 4.00. The van der Waals surface area contributed by atoms with E-state index in [0.717, 1.165) is 24.1 Å². The van der Waals surface area contributed by atoms with E-state index in [-0.39, 0.29) is 5.82 Å². The summed E-state index contributed by atoms with van der Waals surface area (Å²) in [6, 6.07) is 15.7. The first-order valence-corrected chi connectivity index (χ1v) is 10.1. The van der Waals surface area contributed by atoms with Crippen LogP contribution in [0.1, 0.15) is 42.0 Å². The van der Waals surface area contributed by atoms with Crippen LogP contribution in [0.4, 0.5) is 13.2 Å². The monoisotopic (exact) mass is 392 g/mol. The Morgan fingerprint density at radius 2 is 1.59 bits per heavy atom. The molecule has 0 atom stereocenters. The lowest BCUT2D eigenvalue weighted by Gasteiger charge is -2.20. The molecule has 3 heteroatoms. The van der Waals surface area contributed by atoms with E-state index in [1.165, 1.54) is 35.6 Å². The van der Waals surface area contributed by atoms with Crippen molar-refractivity contribution in [3.05, 3.63) is 100 Å². The normalized spacial score (nSPS) is 13.2. The Bertz CT molecular complexity index is 1060. The maximum Gasteiger partial charge on any atom is 0.159 e. The number of benzene rings is 3. The van der Waals surface area contributed by atoms with Gasteiger partial charge in [0.25, 0.3) is 0 Å². The molecule has 0 fully saturated rings. The molecule has 0 nitrogen and oxygen atoms in total. The minimum atomic E-state index is -0.968. The van der Waals surface area contributed by atoms with Gasteiger partial charge in [0.2, 0.25) is 0 Å². The van der Waals surface area contributed by atoms with E-state index in [1.807, 2.05) is 6.07 Å². The van der Waals surface area contributed by atoms with Crippen LogP contribution in [-0.2, 0) is 19.3 Å². The summed E-state index contributed by atoms with van der Waals surface area (Å²) in [4.78, 5) is 0. The highest BCUT2D eigenvalue weighted by atomic mass is 19.2. The van der Waals surface area contributed by atoms with Crippen molar-refractivity contribution in [3.63, 3.8) is 0 Å². The van der Waals surface area contributed by atoms with E-state index in [1.54, 1.807) is 6.07 Å². The SMILES string of the molecule is CCCCc1ccc(C2=CCc3c(ccc(-c4ccc(F)c(F)c4)c3F)C2)cc1. The van der Waals surface area contributed by atoms with Crippen LogP contribution in [0, 0.1) is 17.5 Å². The summed E-state index contributed by atoms with van der Waals surface area (Å²) in [6.07, 6.45) is 6.69. The van der Waals surface area contributed by atoms with Crippen molar-refractivity contribution in [1.82, 2.24) is 0 Å². The van der Waals surface area contributed by atoms with E-state index in [2.05, 4.69) is 37.3 Å². The van der Waals surface area contributed by atoms with Crippen molar-refractivity contribution >= 4 is 5.57 Å². The Hall–Kier alpha value is -2.81. The largest absolute Gasteiger partial charge is 0.206 e. The summed E-state index contributed by atoms with van der Waals surface area (Å²) in [5.41, 5.74) is 5.94.